The molecule has 0 spiro atoms. The molecule has 2 amide bonds. The normalized spacial score (nSPS) is 14.3. The lowest BCUT2D eigenvalue weighted by Crippen LogP contribution is -2.47. The molecular formula is C29H33N5O3. The van der Waals surface area contributed by atoms with Gasteiger partial charge in [-0.3, -0.25) is 14.5 Å². The summed E-state index contributed by atoms with van der Waals surface area (Å²) in [4.78, 5) is 29.0. The third kappa shape index (κ3) is 5.24. The van der Waals surface area contributed by atoms with Crippen molar-refractivity contribution in [2.75, 3.05) is 44.2 Å². The van der Waals surface area contributed by atoms with Crippen LogP contribution in [0.15, 0.2) is 65.1 Å². The minimum atomic E-state index is -0.557. The van der Waals surface area contributed by atoms with Crippen molar-refractivity contribution in [2.45, 2.75) is 13.3 Å². The van der Waals surface area contributed by atoms with E-state index in [0.29, 0.717) is 12.1 Å². The van der Waals surface area contributed by atoms with Crippen molar-refractivity contribution in [1.82, 2.24) is 14.8 Å². The Labute approximate surface area is 216 Å². The van der Waals surface area contributed by atoms with Crippen LogP contribution < -0.4 is 16.0 Å². The molecule has 0 radical (unpaired) electrons. The summed E-state index contributed by atoms with van der Waals surface area (Å²) in [5.41, 5.74) is 11.0. The lowest BCUT2D eigenvalue weighted by atomic mass is 10.1. The number of anilines is 1. The van der Waals surface area contributed by atoms with Gasteiger partial charge in [0.2, 0.25) is 0 Å². The quantitative estimate of drug-likeness (QED) is 0.360. The number of piperazine rings is 1. The number of rotatable bonds is 8. The number of fused-ring (bicyclic) bond motifs is 1. The van der Waals surface area contributed by atoms with E-state index in [0.717, 1.165) is 72.7 Å². The summed E-state index contributed by atoms with van der Waals surface area (Å²) in [7, 11) is 2.00. The number of hydrogen-bond donors (Lipinski definition) is 2. The number of hydrogen-bond acceptors (Lipinski definition) is 5. The molecule has 2 aromatic carbocycles. The average molecular weight is 500 g/mol. The first-order valence-electron chi connectivity index (χ1n) is 12.7. The van der Waals surface area contributed by atoms with Gasteiger partial charge in [-0.1, -0.05) is 30.3 Å². The third-order valence-electron chi connectivity index (χ3n) is 7.27. The van der Waals surface area contributed by atoms with Crippen molar-refractivity contribution in [3.05, 3.63) is 77.7 Å². The largest absolute Gasteiger partial charge is 0.451 e. The first-order valence-corrected chi connectivity index (χ1v) is 12.7. The predicted molar refractivity (Wildman–Crippen MR) is 146 cm³/mol. The first-order chi connectivity index (χ1) is 17.9. The first kappa shape index (κ1) is 24.6. The van der Waals surface area contributed by atoms with Gasteiger partial charge >= 0.3 is 0 Å². The van der Waals surface area contributed by atoms with Crippen LogP contribution in [0.4, 0.5) is 5.69 Å². The number of nitrogens with one attached hydrogen (secondary N) is 1. The third-order valence-corrected chi connectivity index (χ3v) is 7.27. The summed E-state index contributed by atoms with van der Waals surface area (Å²) in [6.45, 7) is 7.34. The van der Waals surface area contributed by atoms with Gasteiger partial charge in [-0.25, -0.2) is 0 Å². The number of carbonyl (C=O) groups excluding carboxylic acids is 2. The van der Waals surface area contributed by atoms with Crippen LogP contribution in [0.3, 0.4) is 0 Å². The maximum atomic E-state index is 12.9. The second kappa shape index (κ2) is 10.5. The number of nitrogens with two attached hydrogens (primary N) is 1. The van der Waals surface area contributed by atoms with Gasteiger partial charge in [0.1, 0.15) is 5.58 Å². The zero-order valence-corrected chi connectivity index (χ0v) is 21.4. The molecule has 37 heavy (non-hydrogen) atoms. The van der Waals surface area contributed by atoms with Crippen LogP contribution in [0, 0.1) is 6.92 Å². The van der Waals surface area contributed by atoms with Crippen LogP contribution in [-0.4, -0.2) is 60.5 Å². The summed E-state index contributed by atoms with van der Waals surface area (Å²) in [6, 6.07) is 19.8. The Morgan fingerprint density at radius 1 is 1.00 bits per heavy atom. The zero-order valence-electron chi connectivity index (χ0n) is 21.4. The van der Waals surface area contributed by atoms with Gasteiger partial charge in [-0.05, 0) is 55.8 Å². The van der Waals surface area contributed by atoms with Crippen LogP contribution in [0.25, 0.3) is 22.2 Å². The standard InChI is InChI=1S/C29H33N5O3/c1-20-24(19-25(32(20)2)21-7-4-3-5-8-21)29(36)31-11-6-12-33-13-15-34(16-14-33)23-9-10-26-22(17-23)18-27(37-26)28(30)35/h3-5,7-10,17-19H,6,11-16H2,1-2H3,(H2,30,35)(H,31,36). The monoisotopic (exact) mass is 499 g/mol. The van der Waals surface area contributed by atoms with E-state index < -0.39 is 5.91 Å². The average Bonchev–Trinajstić information content (AvgIpc) is 3.48. The fourth-order valence-electron chi connectivity index (χ4n) is 4.99. The highest BCUT2D eigenvalue weighted by Crippen LogP contribution is 2.26. The lowest BCUT2D eigenvalue weighted by molar-refractivity contribution is 0.0948. The molecule has 1 saturated heterocycles. The molecule has 5 rings (SSSR count). The molecular weight excluding hydrogens is 466 g/mol. The Morgan fingerprint density at radius 2 is 1.76 bits per heavy atom. The molecule has 8 heteroatoms. The van der Waals surface area contributed by atoms with Crippen LogP contribution in [-0.2, 0) is 7.05 Å². The molecule has 1 aliphatic rings. The van der Waals surface area contributed by atoms with E-state index in [1.165, 1.54) is 0 Å². The molecule has 1 aliphatic heterocycles. The number of primary amides is 1. The highest BCUT2D eigenvalue weighted by Gasteiger charge is 2.19. The fourth-order valence-corrected chi connectivity index (χ4v) is 4.99. The van der Waals surface area contributed by atoms with Crippen LogP contribution in [0.2, 0.25) is 0 Å². The Balaban J connectivity index is 1.09. The predicted octanol–water partition coefficient (Wildman–Crippen LogP) is 3.79. The molecule has 0 aliphatic carbocycles. The molecule has 0 bridgehead atoms. The van der Waals surface area contributed by atoms with Crippen molar-refractivity contribution in [3.63, 3.8) is 0 Å². The number of carbonyl (C=O) groups is 2. The van der Waals surface area contributed by atoms with Gasteiger partial charge in [-0.2, -0.15) is 0 Å². The maximum Gasteiger partial charge on any atom is 0.284 e. The molecule has 0 atom stereocenters. The molecule has 2 aromatic heterocycles. The number of nitrogens with zero attached hydrogens (tertiary/aromatic N) is 3. The van der Waals surface area contributed by atoms with E-state index in [-0.39, 0.29) is 11.7 Å². The Morgan fingerprint density at radius 3 is 2.49 bits per heavy atom. The number of furan rings is 1. The van der Waals surface area contributed by atoms with Crippen molar-refractivity contribution < 1.29 is 14.0 Å². The molecule has 8 nitrogen and oxygen atoms in total. The van der Waals surface area contributed by atoms with Gasteiger partial charge in [0.05, 0.1) is 5.56 Å². The second-order valence-electron chi connectivity index (χ2n) is 9.59. The van der Waals surface area contributed by atoms with Gasteiger partial charge in [0.15, 0.2) is 5.76 Å². The fraction of sp³-hybridized carbons (Fsp3) is 0.310. The minimum absolute atomic E-state index is 0.0192. The summed E-state index contributed by atoms with van der Waals surface area (Å²) in [5, 5.41) is 3.99. The second-order valence-corrected chi connectivity index (χ2v) is 9.59. The van der Waals surface area contributed by atoms with Gasteiger partial charge in [0.25, 0.3) is 11.8 Å². The Kier molecular flexibility index (Phi) is 7.01. The minimum Gasteiger partial charge on any atom is -0.451 e. The van der Waals surface area contributed by atoms with E-state index in [1.807, 2.05) is 56.4 Å². The van der Waals surface area contributed by atoms with Gasteiger partial charge in [-0.15, -0.1) is 0 Å². The van der Waals surface area contributed by atoms with Crippen LogP contribution in [0.5, 0.6) is 0 Å². The Hall–Kier alpha value is -4.04. The summed E-state index contributed by atoms with van der Waals surface area (Å²) >= 11 is 0. The van der Waals surface area contributed by atoms with E-state index in [1.54, 1.807) is 6.07 Å². The molecule has 192 valence electrons. The molecule has 0 unspecified atom stereocenters. The Bertz CT molecular complexity index is 1410. The summed E-state index contributed by atoms with van der Waals surface area (Å²) in [5.74, 6) is -0.393. The lowest BCUT2D eigenvalue weighted by Gasteiger charge is -2.36. The maximum absolute atomic E-state index is 12.9. The highest BCUT2D eigenvalue weighted by molar-refractivity contribution is 5.97. The molecule has 1 fully saturated rings. The summed E-state index contributed by atoms with van der Waals surface area (Å²) < 4.78 is 7.56. The molecule has 3 N–H and O–H groups in total. The highest BCUT2D eigenvalue weighted by atomic mass is 16.3. The van der Waals surface area contributed by atoms with E-state index in [2.05, 4.69) is 31.8 Å². The molecule has 4 aromatic rings. The van der Waals surface area contributed by atoms with Crippen molar-refractivity contribution >= 4 is 28.5 Å². The van der Waals surface area contributed by atoms with Crippen molar-refractivity contribution in [2.24, 2.45) is 12.8 Å². The summed E-state index contributed by atoms with van der Waals surface area (Å²) in [6.07, 6.45) is 0.903. The zero-order chi connectivity index (χ0) is 25.9. The van der Waals surface area contributed by atoms with Crippen molar-refractivity contribution in [1.29, 1.82) is 0 Å². The van der Waals surface area contributed by atoms with Crippen LogP contribution >= 0.6 is 0 Å². The smallest absolute Gasteiger partial charge is 0.284 e. The van der Waals surface area contributed by atoms with E-state index in [9.17, 15) is 9.59 Å². The molecule has 0 saturated carbocycles. The van der Waals surface area contributed by atoms with E-state index in [4.69, 9.17) is 10.2 Å². The number of benzene rings is 2. The number of amides is 2. The molecule has 3 heterocycles. The van der Waals surface area contributed by atoms with E-state index >= 15 is 0 Å². The van der Waals surface area contributed by atoms with Gasteiger partial charge in [0, 0.05) is 62.2 Å². The van der Waals surface area contributed by atoms with Crippen LogP contribution in [0.1, 0.15) is 33.0 Å². The topological polar surface area (TPSA) is 96.7 Å². The SMILES string of the molecule is Cc1c(C(=O)NCCCN2CCN(c3ccc4oc(C(N)=O)cc4c3)CC2)cc(-c2ccccc2)n1C. The van der Waals surface area contributed by atoms with Crippen molar-refractivity contribution in [3.8, 4) is 11.3 Å². The van der Waals surface area contributed by atoms with Gasteiger partial charge < -0.3 is 24.9 Å². The number of aromatic nitrogens is 1.